The van der Waals surface area contributed by atoms with Crippen molar-refractivity contribution in [1.29, 1.82) is 0 Å². The minimum atomic E-state index is -0.0668. The predicted molar refractivity (Wildman–Crippen MR) is 126 cm³/mol. The van der Waals surface area contributed by atoms with E-state index in [0.717, 1.165) is 64.2 Å². The standard InChI is InChI=1S/C25H35N5O/c1-28-15-17-29(18-16-28)20-24(21-9-4-2-5-10-21)27-25(31)26-22-11-8-14-30(19-22)23-12-6-3-7-13-23/h2-7,9-10,12-13,22,24H,8,11,14-20H2,1H3,(H2,26,27,31). The van der Waals surface area contributed by atoms with Crippen LogP contribution in [0.15, 0.2) is 60.7 Å². The minimum absolute atomic E-state index is 0.0153. The van der Waals surface area contributed by atoms with E-state index in [1.54, 1.807) is 0 Å². The third kappa shape index (κ3) is 6.21. The molecule has 166 valence electrons. The third-order valence-electron chi connectivity index (χ3n) is 6.42. The fraction of sp³-hybridized carbons (Fsp3) is 0.480. The fourth-order valence-corrected chi connectivity index (χ4v) is 4.56. The molecule has 0 radical (unpaired) electrons. The van der Waals surface area contributed by atoms with Gasteiger partial charge in [0.1, 0.15) is 0 Å². The summed E-state index contributed by atoms with van der Waals surface area (Å²) in [6.07, 6.45) is 2.11. The van der Waals surface area contributed by atoms with Gasteiger partial charge in [0.05, 0.1) is 6.04 Å². The van der Waals surface area contributed by atoms with Gasteiger partial charge in [-0.25, -0.2) is 4.79 Å². The van der Waals surface area contributed by atoms with Crippen molar-refractivity contribution in [2.75, 3.05) is 57.8 Å². The lowest BCUT2D eigenvalue weighted by atomic mass is 10.0. The highest BCUT2D eigenvalue weighted by atomic mass is 16.2. The first kappa shape index (κ1) is 21.7. The molecule has 6 heteroatoms. The lowest BCUT2D eigenvalue weighted by Crippen LogP contribution is -2.53. The number of hydrogen-bond acceptors (Lipinski definition) is 4. The molecule has 2 heterocycles. The van der Waals surface area contributed by atoms with E-state index >= 15 is 0 Å². The molecular weight excluding hydrogens is 386 g/mol. The maximum Gasteiger partial charge on any atom is 0.315 e. The zero-order chi connectivity index (χ0) is 21.5. The van der Waals surface area contributed by atoms with E-state index in [0.29, 0.717) is 0 Å². The molecule has 2 aliphatic heterocycles. The van der Waals surface area contributed by atoms with Crippen LogP contribution in [0.4, 0.5) is 10.5 Å². The van der Waals surface area contributed by atoms with Crippen LogP contribution in [0.5, 0.6) is 0 Å². The smallest absolute Gasteiger partial charge is 0.315 e. The van der Waals surface area contributed by atoms with Crippen LogP contribution >= 0.6 is 0 Å². The number of carbonyl (C=O) groups excluding carboxylic acids is 1. The number of nitrogens with one attached hydrogen (secondary N) is 2. The Bertz CT molecular complexity index is 807. The number of urea groups is 1. The van der Waals surface area contributed by atoms with Gasteiger partial charge in [-0.15, -0.1) is 0 Å². The fourth-order valence-electron chi connectivity index (χ4n) is 4.56. The molecule has 0 spiro atoms. The maximum absolute atomic E-state index is 13.0. The van der Waals surface area contributed by atoms with Crippen molar-refractivity contribution in [3.8, 4) is 0 Å². The first-order chi connectivity index (χ1) is 15.2. The largest absolute Gasteiger partial charge is 0.369 e. The number of rotatable bonds is 6. The normalized spacial score (nSPS) is 21.5. The molecule has 4 rings (SSSR count). The van der Waals surface area contributed by atoms with Crippen molar-refractivity contribution in [3.05, 3.63) is 66.2 Å². The van der Waals surface area contributed by atoms with Gasteiger partial charge >= 0.3 is 6.03 Å². The topological polar surface area (TPSA) is 50.9 Å². The second kappa shape index (κ2) is 10.6. The number of hydrogen-bond donors (Lipinski definition) is 2. The quantitative estimate of drug-likeness (QED) is 0.753. The Balaban J connectivity index is 1.35. The molecule has 2 N–H and O–H groups in total. The van der Waals surface area contributed by atoms with Crippen LogP contribution in [-0.2, 0) is 0 Å². The molecule has 2 saturated heterocycles. The van der Waals surface area contributed by atoms with Crippen LogP contribution in [0.2, 0.25) is 0 Å². The molecule has 2 aromatic carbocycles. The van der Waals surface area contributed by atoms with Gasteiger partial charge in [0.15, 0.2) is 0 Å². The highest BCUT2D eigenvalue weighted by Crippen LogP contribution is 2.20. The molecule has 0 bridgehead atoms. The van der Waals surface area contributed by atoms with Gasteiger partial charge in [0.2, 0.25) is 0 Å². The SMILES string of the molecule is CN1CCN(CC(NC(=O)NC2CCCN(c3ccccc3)C2)c2ccccc2)CC1. The number of benzene rings is 2. The summed E-state index contributed by atoms with van der Waals surface area (Å²) in [4.78, 5) is 20.1. The summed E-state index contributed by atoms with van der Waals surface area (Å²) in [6, 6.07) is 20.9. The van der Waals surface area contributed by atoms with Gasteiger partial charge in [-0.2, -0.15) is 0 Å². The summed E-state index contributed by atoms with van der Waals surface area (Å²) in [7, 11) is 2.17. The van der Waals surface area contributed by atoms with E-state index in [-0.39, 0.29) is 18.1 Å². The second-order valence-electron chi connectivity index (χ2n) is 8.81. The Morgan fingerprint density at radius 1 is 0.968 bits per heavy atom. The molecular formula is C25H35N5O. The number of piperazine rings is 1. The first-order valence-corrected chi connectivity index (χ1v) is 11.5. The molecule has 2 unspecified atom stereocenters. The Morgan fingerprint density at radius 2 is 1.65 bits per heavy atom. The molecule has 2 atom stereocenters. The number of anilines is 1. The molecule has 31 heavy (non-hydrogen) atoms. The van der Waals surface area contributed by atoms with Crippen LogP contribution in [0, 0.1) is 0 Å². The molecule has 0 aliphatic carbocycles. The van der Waals surface area contributed by atoms with E-state index < -0.39 is 0 Å². The summed E-state index contributed by atoms with van der Waals surface area (Å²) in [5.41, 5.74) is 2.39. The molecule has 2 aromatic rings. The van der Waals surface area contributed by atoms with Crippen molar-refractivity contribution in [3.63, 3.8) is 0 Å². The van der Waals surface area contributed by atoms with Crippen LogP contribution in [0.3, 0.4) is 0 Å². The summed E-state index contributed by atoms with van der Waals surface area (Å²) in [5.74, 6) is 0. The average molecular weight is 422 g/mol. The van der Waals surface area contributed by atoms with Crippen molar-refractivity contribution in [1.82, 2.24) is 20.4 Å². The summed E-state index contributed by atoms with van der Waals surface area (Å²) in [6.45, 7) is 6.96. The number of likely N-dealkylation sites (N-methyl/N-ethyl adjacent to an activating group) is 1. The number of para-hydroxylation sites is 1. The lowest BCUT2D eigenvalue weighted by molar-refractivity contribution is 0.142. The monoisotopic (exact) mass is 421 g/mol. The predicted octanol–water partition coefficient (Wildman–Crippen LogP) is 2.94. The third-order valence-corrected chi connectivity index (χ3v) is 6.42. The molecule has 0 aromatic heterocycles. The number of nitrogens with zero attached hydrogens (tertiary/aromatic N) is 3. The first-order valence-electron chi connectivity index (χ1n) is 11.5. The summed E-state index contributed by atoms with van der Waals surface area (Å²) >= 11 is 0. The summed E-state index contributed by atoms with van der Waals surface area (Å²) < 4.78 is 0. The van der Waals surface area contributed by atoms with E-state index in [4.69, 9.17) is 0 Å². The van der Waals surface area contributed by atoms with E-state index in [1.807, 2.05) is 24.3 Å². The maximum atomic E-state index is 13.0. The van der Waals surface area contributed by atoms with Gasteiger partial charge < -0.3 is 20.4 Å². The zero-order valence-corrected chi connectivity index (χ0v) is 18.5. The highest BCUT2D eigenvalue weighted by molar-refractivity contribution is 5.75. The Kier molecular flexibility index (Phi) is 7.43. The van der Waals surface area contributed by atoms with Crippen LogP contribution in [0.25, 0.3) is 0 Å². The van der Waals surface area contributed by atoms with Gasteiger partial charge in [0.25, 0.3) is 0 Å². The van der Waals surface area contributed by atoms with Crippen molar-refractivity contribution >= 4 is 11.7 Å². The average Bonchev–Trinajstić information content (AvgIpc) is 2.81. The van der Waals surface area contributed by atoms with Gasteiger partial charge in [0, 0.05) is 57.5 Å². The molecule has 6 nitrogen and oxygen atoms in total. The summed E-state index contributed by atoms with van der Waals surface area (Å²) in [5, 5.41) is 6.51. The van der Waals surface area contributed by atoms with Crippen LogP contribution in [-0.4, -0.2) is 74.7 Å². The van der Waals surface area contributed by atoms with Crippen molar-refractivity contribution in [2.24, 2.45) is 0 Å². The van der Waals surface area contributed by atoms with Gasteiger partial charge in [-0.1, -0.05) is 48.5 Å². The van der Waals surface area contributed by atoms with Crippen LogP contribution < -0.4 is 15.5 Å². The molecule has 2 fully saturated rings. The molecule has 0 saturated carbocycles. The Hall–Kier alpha value is -2.57. The van der Waals surface area contributed by atoms with Gasteiger partial charge in [-0.3, -0.25) is 4.90 Å². The van der Waals surface area contributed by atoms with Crippen LogP contribution in [0.1, 0.15) is 24.4 Å². The van der Waals surface area contributed by atoms with Crippen molar-refractivity contribution < 1.29 is 4.79 Å². The Morgan fingerprint density at radius 3 is 2.35 bits per heavy atom. The van der Waals surface area contributed by atoms with E-state index in [1.165, 1.54) is 5.69 Å². The Labute approximate surface area is 186 Å². The van der Waals surface area contributed by atoms with E-state index in [2.05, 4.69) is 68.8 Å². The second-order valence-corrected chi connectivity index (χ2v) is 8.81. The number of amides is 2. The number of piperidine rings is 1. The minimum Gasteiger partial charge on any atom is -0.369 e. The lowest BCUT2D eigenvalue weighted by Gasteiger charge is -2.36. The van der Waals surface area contributed by atoms with Gasteiger partial charge in [-0.05, 0) is 37.6 Å². The molecule has 2 aliphatic rings. The van der Waals surface area contributed by atoms with Crippen molar-refractivity contribution in [2.45, 2.75) is 24.9 Å². The highest BCUT2D eigenvalue weighted by Gasteiger charge is 2.24. The zero-order valence-electron chi connectivity index (χ0n) is 18.5. The van der Waals surface area contributed by atoms with E-state index in [9.17, 15) is 4.79 Å². The number of carbonyl (C=O) groups is 1. The molecule has 2 amide bonds.